The predicted octanol–water partition coefficient (Wildman–Crippen LogP) is 1.44. The van der Waals surface area contributed by atoms with E-state index in [1.807, 2.05) is 17.8 Å². The zero-order chi connectivity index (χ0) is 16.4. The zero-order valence-electron chi connectivity index (χ0n) is 13.9. The van der Waals surface area contributed by atoms with Gasteiger partial charge in [-0.2, -0.15) is 5.10 Å². The molecule has 1 saturated carbocycles. The van der Waals surface area contributed by atoms with Gasteiger partial charge in [0.05, 0.1) is 10.9 Å². The van der Waals surface area contributed by atoms with Gasteiger partial charge >= 0.3 is 0 Å². The molecule has 2 aliphatic rings. The molecule has 0 amide bonds. The normalized spacial score (nSPS) is 32.3. The summed E-state index contributed by atoms with van der Waals surface area (Å²) in [5.41, 5.74) is 1.12. The number of rotatable bonds is 5. The van der Waals surface area contributed by atoms with Gasteiger partial charge in [0.2, 0.25) is 0 Å². The monoisotopic (exact) mass is 341 g/mol. The SMILES string of the molecule is Cn1nccc1[C@@H]1OCC[C@H]1CN[C@@H]1CCC[C@@H](S(C)(=O)=O)C1. The molecule has 1 aliphatic heterocycles. The van der Waals surface area contributed by atoms with E-state index in [0.29, 0.717) is 12.0 Å². The first-order valence-corrected chi connectivity index (χ1v) is 10.4. The highest BCUT2D eigenvalue weighted by Crippen LogP contribution is 2.34. The Morgan fingerprint density at radius 2 is 2.22 bits per heavy atom. The lowest BCUT2D eigenvalue weighted by Gasteiger charge is -2.30. The van der Waals surface area contributed by atoms with Crippen LogP contribution in [0.5, 0.6) is 0 Å². The summed E-state index contributed by atoms with van der Waals surface area (Å²) < 4.78 is 31.3. The minimum Gasteiger partial charge on any atom is -0.372 e. The van der Waals surface area contributed by atoms with E-state index in [2.05, 4.69) is 10.4 Å². The molecule has 6 nitrogen and oxygen atoms in total. The molecule has 2 fully saturated rings. The highest BCUT2D eigenvalue weighted by Gasteiger charge is 2.33. The zero-order valence-corrected chi connectivity index (χ0v) is 14.8. The van der Waals surface area contributed by atoms with Gasteiger partial charge in [-0.25, -0.2) is 8.42 Å². The molecule has 0 radical (unpaired) electrons. The van der Waals surface area contributed by atoms with Crippen LogP contribution < -0.4 is 5.32 Å². The van der Waals surface area contributed by atoms with Gasteiger partial charge in [-0.15, -0.1) is 0 Å². The standard InChI is InChI=1S/C16H27N3O3S/c1-19-15(6-8-18-19)16-12(7-9-22-16)11-17-13-4-3-5-14(10-13)23(2,20)21/h6,8,12-14,16-17H,3-5,7,9-11H2,1-2H3/t12-,13+,14+,16+/m0/s1. The summed E-state index contributed by atoms with van der Waals surface area (Å²) in [6.07, 6.45) is 7.89. The van der Waals surface area contributed by atoms with Crippen molar-refractivity contribution in [2.75, 3.05) is 19.4 Å². The van der Waals surface area contributed by atoms with Gasteiger partial charge in [0.15, 0.2) is 0 Å². The highest BCUT2D eigenvalue weighted by molar-refractivity contribution is 7.91. The van der Waals surface area contributed by atoms with E-state index in [-0.39, 0.29) is 11.4 Å². The number of ether oxygens (including phenoxy) is 1. The van der Waals surface area contributed by atoms with E-state index in [1.165, 1.54) is 6.26 Å². The number of hydrogen-bond donors (Lipinski definition) is 1. The third-order valence-electron chi connectivity index (χ3n) is 5.26. The van der Waals surface area contributed by atoms with Crippen LogP contribution in [-0.2, 0) is 21.6 Å². The molecule has 0 spiro atoms. The van der Waals surface area contributed by atoms with Gasteiger partial charge in [0.1, 0.15) is 15.9 Å². The lowest BCUT2D eigenvalue weighted by Crippen LogP contribution is -2.41. The second kappa shape index (κ2) is 6.91. The van der Waals surface area contributed by atoms with E-state index in [9.17, 15) is 8.42 Å². The quantitative estimate of drug-likeness (QED) is 0.877. The third kappa shape index (κ3) is 3.95. The van der Waals surface area contributed by atoms with E-state index >= 15 is 0 Å². The maximum atomic E-state index is 11.8. The van der Waals surface area contributed by atoms with Crippen molar-refractivity contribution >= 4 is 9.84 Å². The Morgan fingerprint density at radius 1 is 1.39 bits per heavy atom. The first-order chi connectivity index (χ1) is 10.9. The molecule has 3 rings (SSSR count). The van der Waals surface area contributed by atoms with E-state index in [4.69, 9.17) is 4.74 Å². The molecular formula is C16H27N3O3S. The summed E-state index contributed by atoms with van der Waals surface area (Å²) in [5.74, 6) is 0.420. The molecule has 0 unspecified atom stereocenters. The highest BCUT2D eigenvalue weighted by atomic mass is 32.2. The summed E-state index contributed by atoms with van der Waals surface area (Å²) in [5, 5.41) is 7.66. The average Bonchev–Trinajstić information content (AvgIpc) is 3.12. The topological polar surface area (TPSA) is 73.2 Å². The Hall–Kier alpha value is -0.920. The minimum absolute atomic E-state index is 0.0873. The van der Waals surface area contributed by atoms with E-state index in [0.717, 1.165) is 50.9 Å². The fourth-order valence-corrected chi connectivity index (χ4v) is 5.05. The van der Waals surface area contributed by atoms with Crippen molar-refractivity contribution in [1.29, 1.82) is 0 Å². The van der Waals surface area contributed by atoms with Crippen LogP contribution in [0.25, 0.3) is 0 Å². The van der Waals surface area contributed by atoms with Crippen LogP contribution in [0, 0.1) is 5.92 Å². The molecule has 130 valence electrons. The largest absolute Gasteiger partial charge is 0.372 e. The molecule has 23 heavy (non-hydrogen) atoms. The third-order valence-corrected chi connectivity index (χ3v) is 6.90. The van der Waals surface area contributed by atoms with E-state index < -0.39 is 9.84 Å². The molecule has 0 bridgehead atoms. The Bertz CT molecular complexity index is 628. The van der Waals surface area contributed by atoms with Crippen LogP contribution >= 0.6 is 0 Å². The van der Waals surface area contributed by atoms with Crippen LogP contribution in [0.15, 0.2) is 12.3 Å². The second-order valence-corrected chi connectivity index (χ2v) is 9.27. The van der Waals surface area contributed by atoms with Gasteiger partial charge in [0, 0.05) is 44.6 Å². The van der Waals surface area contributed by atoms with Crippen LogP contribution in [0.4, 0.5) is 0 Å². The van der Waals surface area contributed by atoms with Crippen molar-refractivity contribution in [3.63, 3.8) is 0 Å². The number of aryl methyl sites for hydroxylation is 1. The summed E-state index contributed by atoms with van der Waals surface area (Å²) in [4.78, 5) is 0. The summed E-state index contributed by atoms with van der Waals surface area (Å²) in [7, 11) is -0.980. The lowest BCUT2D eigenvalue weighted by atomic mass is 9.93. The number of nitrogens with zero attached hydrogens (tertiary/aromatic N) is 2. The molecule has 7 heteroatoms. The molecule has 4 atom stereocenters. The van der Waals surface area contributed by atoms with Crippen molar-refractivity contribution in [2.24, 2.45) is 13.0 Å². The number of hydrogen-bond acceptors (Lipinski definition) is 5. The first-order valence-electron chi connectivity index (χ1n) is 8.47. The molecule has 1 saturated heterocycles. The van der Waals surface area contributed by atoms with Crippen LogP contribution in [0.3, 0.4) is 0 Å². The lowest BCUT2D eigenvalue weighted by molar-refractivity contribution is 0.0828. The predicted molar refractivity (Wildman–Crippen MR) is 88.9 cm³/mol. The van der Waals surface area contributed by atoms with Crippen molar-refractivity contribution in [1.82, 2.24) is 15.1 Å². The van der Waals surface area contributed by atoms with Gasteiger partial charge in [-0.1, -0.05) is 6.42 Å². The Labute approximate surface area is 138 Å². The Kier molecular flexibility index (Phi) is 5.08. The first kappa shape index (κ1) is 16.9. The van der Waals surface area contributed by atoms with Gasteiger partial charge < -0.3 is 10.1 Å². The number of sulfone groups is 1. The molecule has 1 N–H and O–H groups in total. The summed E-state index contributed by atoms with van der Waals surface area (Å²) in [6, 6.07) is 2.32. The fourth-order valence-electron chi connectivity index (χ4n) is 3.87. The maximum Gasteiger partial charge on any atom is 0.150 e. The number of nitrogens with one attached hydrogen (secondary N) is 1. The van der Waals surface area contributed by atoms with Crippen LogP contribution in [0.1, 0.15) is 43.9 Å². The van der Waals surface area contributed by atoms with Gasteiger partial charge in [-0.05, 0) is 31.7 Å². The van der Waals surface area contributed by atoms with Crippen LogP contribution in [-0.4, -0.2) is 48.9 Å². The molecule has 1 aromatic rings. The Morgan fingerprint density at radius 3 is 2.91 bits per heavy atom. The van der Waals surface area contributed by atoms with Crippen LogP contribution in [0.2, 0.25) is 0 Å². The maximum absolute atomic E-state index is 11.8. The number of aromatic nitrogens is 2. The summed E-state index contributed by atoms with van der Waals surface area (Å²) in [6.45, 7) is 1.65. The Balaban J connectivity index is 1.56. The van der Waals surface area contributed by atoms with Crippen molar-refractivity contribution < 1.29 is 13.2 Å². The molecule has 2 heterocycles. The van der Waals surface area contributed by atoms with Crippen molar-refractivity contribution in [3.05, 3.63) is 18.0 Å². The van der Waals surface area contributed by atoms with Gasteiger partial charge in [0.25, 0.3) is 0 Å². The smallest absolute Gasteiger partial charge is 0.150 e. The molecular weight excluding hydrogens is 314 g/mol. The second-order valence-electron chi connectivity index (χ2n) is 6.94. The minimum atomic E-state index is -2.92. The average molecular weight is 341 g/mol. The summed E-state index contributed by atoms with van der Waals surface area (Å²) >= 11 is 0. The molecule has 0 aromatic carbocycles. The molecule has 1 aliphatic carbocycles. The fraction of sp³-hybridized carbons (Fsp3) is 0.812. The van der Waals surface area contributed by atoms with E-state index in [1.54, 1.807) is 6.20 Å². The van der Waals surface area contributed by atoms with Crippen molar-refractivity contribution in [3.8, 4) is 0 Å². The van der Waals surface area contributed by atoms with Gasteiger partial charge in [-0.3, -0.25) is 4.68 Å². The molecule has 1 aromatic heterocycles. The van der Waals surface area contributed by atoms with Crippen molar-refractivity contribution in [2.45, 2.75) is 49.5 Å².